The largest absolute Gasteiger partial charge is 0.353 e. The van der Waals surface area contributed by atoms with Crippen LogP contribution < -0.4 is 9.62 Å². The van der Waals surface area contributed by atoms with Gasteiger partial charge in [0, 0.05) is 22.2 Å². The van der Waals surface area contributed by atoms with Crippen LogP contribution in [-0.2, 0) is 14.8 Å². The third kappa shape index (κ3) is 6.43. The van der Waals surface area contributed by atoms with Gasteiger partial charge in [-0.3, -0.25) is 9.10 Å². The lowest BCUT2D eigenvalue weighted by Gasteiger charge is -2.30. The van der Waals surface area contributed by atoms with E-state index in [2.05, 4.69) is 5.32 Å². The molecule has 0 radical (unpaired) electrons. The zero-order valence-corrected chi connectivity index (χ0v) is 18.6. The van der Waals surface area contributed by atoms with Crippen molar-refractivity contribution in [1.82, 2.24) is 5.32 Å². The number of hydrogen-bond acceptors (Lipinski definition) is 4. The van der Waals surface area contributed by atoms with Crippen LogP contribution in [0, 0.1) is 6.92 Å². The van der Waals surface area contributed by atoms with Gasteiger partial charge in [-0.1, -0.05) is 30.7 Å². The zero-order valence-electron chi connectivity index (χ0n) is 16.2. The predicted octanol–water partition coefficient (Wildman–Crippen LogP) is 4.10. The Morgan fingerprint density at radius 3 is 2.46 bits per heavy atom. The molecule has 0 aliphatic heterocycles. The van der Waals surface area contributed by atoms with E-state index in [1.807, 2.05) is 37.3 Å². The van der Waals surface area contributed by atoms with Gasteiger partial charge >= 0.3 is 0 Å². The van der Waals surface area contributed by atoms with Crippen LogP contribution in [-0.4, -0.2) is 38.9 Å². The van der Waals surface area contributed by atoms with Crippen molar-refractivity contribution < 1.29 is 13.2 Å². The number of benzene rings is 2. The van der Waals surface area contributed by atoms with Crippen molar-refractivity contribution in [3.63, 3.8) is 0 Å². The third-order valence-corrected chi connectivity index (χ3v) is 6.52. The molecule has 0 spiro atoms. The van der Waals surface area contributed by atoms with Gasteiger partial charge in [-0.2, -0.15) is 0 Å². The summed E-state index contributed by atoms with van der Waals surface area (Å²) in [6.07, 6.45) is 1.50. The number of anilines is 1. The highest BCUT2D eigenvalue weighted by atomic mass is 35.5. The molecule has 1 amide bonds. The van der Waals surface area contributed by atoms with Gasteiger partial charge in [-0.15, -0.1) is 11.8 Å². The van der Waals surface area contributed by atoms with Crippen molar-refractivity contribution in [2.45, 2.75) is 31.2 Å². The Morgan fingerprint density at radius 2 is 1.89 bits per heavy atom. The standard InChI is InChI=1S/C20H25ClN2O3S2/c1-4-19(23(28(3,25)26)17-7-5-6-15(2)14-17)20(24)22-12-13-27-18-10-8-16(21)9-11-18/h5-11,14,19H,4,12-13H2,1-3H3,(H,22,24)/t19-/m0/s1. The summed E-state index contributed by atoms with van der Waals surface area (Å²) in [6.45, 7) is 4.13. The molecule has 1 atom stereocenters. The number of thioether (sulfide) groups is 1. The fraction of sp³-hybridized carbons (Fsp3) is 0.350. The monoisotopic (exact) mass is 440 g/mol. The minimum absolute atomic E-state index is 0.300. The van der Waals surface area contributed by atoms with Crippen LogP contribution in [0.25, 0.3) is 0 Å². The van der Waals surface area contributed by atoms with Crippen LogP contribution in [0.5, 0.6) is 0 Å². The lowest BCUT2D eigenvalue weighted by atomic mass is 10.1. The van der Waals surface area contributed by atoms with Crippen LogP contribution in [0.2, 0.25) is 5.02 Å². The normalized spacial score (nSPS) is 12.4. The van der Waals surface area contributed by atoms with Crippen molar-refractivity contribution in [1.29, 1.82) is 0 Å². The molecule has 0 saturated carbocycles. The number of sulfonamides is 1. The molecule has 2 aromatic rings. The minimum Gasteiger partial charge on any atom is -0.353 e. The highest BCUT2D eigenvalue weighted by Gasteiger charge is 2.31. The highest BCUT2D eigenvalue weighted by Crippen LogP contribution is 2.24. The Morgan fingerprint density at radius 1 is 1.21 bits per heavy atom. The quantitative estimate of drug-likeness (QED) is 0.471. The van der Waals surface area contributed by atoms with Gasteiger partial charge in [-0.05, 0) is 55.3 Å². The summed E-state index contributed by atoms with van der Waals surface area (Å²) in [5, 5.41) is 3.54. The smallest absolute Gasteiger partial charge is 0.243 e. The Kier molecular flexibility index (Phi) is 8.22. The summed E-state index contributed by atoms with van der Waals surface area (Å²) >= 11 is 7.47. The molecule has 2 aromatic carbocycles. The predicted molar refractivity (Wildman–Crippen MR) is 118 cm³/mol. The highest BCUT2D eigenvalue weighted by molar-refractivity contribution is 7.99. The van der Waals surface area contributed by atoms with Crippen LogP contribution in [0.3, 0.4) is 0 Å². The first-order valence-electron chi connectivity index (χ1n) is 8.94. The van der Waals surface area contributed by atoms with Crippen molar-refractivity contribution in [2.75, 3.05) is 22.9 Å². The van der Waals surface area contributed by atoms with Crippen molar-refractivity contribution in [2.24, 2.45) is 0 Å². The molecule has 0 unspecified atom stereocenters. The summed E-state index contributed by atoms with van der Waals surface area (Å²) in [4.78, 5) is 13.8. The average molecular weight is 441 g/mol. The molecule has 0 saturated heterocycles. The zero-order chi connectivity index (χ0) is 20.7. The molecule has 0 aliphatic rings. The molecule has 8 heteroatoms. The maximum absolute atomic E-state index is 12.7. The second-order valence-corrected chi connectivity index (χ2v) is 9.88. The summed E-state index contributed by atoms with van der Waals surface area (Å²) in [5.41, 5.74) is 1.43. The van der Waals surface area contributed by atoms with Crippen LogP contribution in [0.1, 0.15) is 18.9 Å². The van der Waals surface area contributed by atoms with Gasteiger partial charge in [-0.25, -0.2) is 8.42 Å². The van der Waals surface area contributed by atoms with Crippen LogP contribution in [0.4, 0.5) is 5.69 Å². The number of nitrogens with one attached hydrogen (secondary N) is 1. The molecule has 1 N–H and O–H groups in total. The second kappa shape index (κ2) is 10.2. The maximum atomic E-state index is 12.7. The maximum Gasteiger partial charge on any atom is 0.243 e. The molecular formula is C20H25ClN2O3S2. The molecule has 152 valence electrons. The number of rotatable bonds is 9. The molecular weight excluding hydrogens is 416 g/mol. The van der Waals surface area contributed by atoms with Gasteiger partial charge < -0.3 is 5.32 Å². The molecule has 28 heavy (non-hydrogen) atoms. The number of carbonyl (C=O) groups excluding carboxylic acids is 1. The number of amides is 1. The summed E-state index contributed by atoms with van der Waals surface area (Å²) in [7, 11) is -3.61. The van der Waals surface area contributed by atoms with Crippen molar-refractivity contribution in [3.8, 4) is 0 Å². The van der Waals surface area contributed by atoms with E-state index in [4.69, 9.17) is 11.6 Å². The van der Waals surface area contributed by atoms with E-state index in [0.29, 0.717) is 29.4 Å². The lowest BCUT2D eigenvalue weighted by Crippen LogP contribution is -2.49. The summed E-state index contributed by atoms with van der Waals surface area (Å²) in [5.74, 6) is 0.374. The molecule has 2 rings (SSSR count). The number of hydrogen-bond donors (Lipinski definition) is 1. The Balaban J connectivity index is 2.04. The summed E-state index contributed by atoms with van der Waals surface area (Å²) < 4.78 is 26.1. The number of halogens is 1. The van der Waals surface area contributed by atoms with E-state index >= 15 is 0 Å². The third-order valence-electron chi connectivity index (χ3n) is 4.07. The fourth-order valence-corrected chi connectivity index (χ4v) is 4.91. The van der Waals surface area contributed by atoms with Gasteiger partial charge in [0.2, 0.25) is 15.9 Å². The fourth-order valence-electron chi connectivity index (χ4n) is 2.82. The van der Waals surface area contributed by atoms with Crippen molar-refractivity contribution >= 4 is 45.0 Å². The van der Waals surface area contributed by atoms with E-state index in [0.717, 1.165) is 16.7 Å². The SMILES string of the molecule is CC[C@@H](C(=O)NCCSc1ccc(Cl)cc1)N(c1cccc(C)c1)S(C)(=O)=O. The summed E-state index contributed by atoms with van der Waals surface area (Å²) in [6, 6.07) is 13.9. The van der Waals surface area contributed by atoms with Gasteiger partial charge in [0.1, 0.15) is 6.04 Å². The lowest BCUT2D eigenvalue weighted by molar-refractivity contribution is -0.122. The van der Waals surface area contributed by atoms with Gasteiger partial charge in [0.05, 0.1) is 11.9 Å². The van der Waals surface area contributed by atoms with E-state index in [1.165, 1.54) is 4.31 Å². The van der Waals surface area contributed by atoms with Gasteiger partial charge in [0.15, 0.2) is 0 Å². The Bertz CT molecular complexity index is 902. The van der Waals surface area contributed by atoms with E-state index < -0.39 is 16.1 Å². The molecule has 5 nitrogen and oxygen atoms in total. The van der Waals surface area contributed by atoms with E-state index in [9.17, 15) is 13.2 Å². The van der Waals surface area contributed by atoms with Crippen molar-refractivity contribution in [3.05, 3.63) is 59.1 Å². The minimum atomic E-state index is -3.61. The molecule has 0 heterocycles. The topological polar surface area (TPSA) is 66.5 Å². The number of carbonyl (C=O) groups is 1. The Hall–Kier alpha value is -1.70. The first-order chi connectivity index (χ1) is 13.2. The van der Waals surface area contributed by atoms with E-state index in [1.54, 1.807) is 36.9 Å². The molecule has 0 bridgehead atoms. The number of aryl methyl sites for hydroxylation is 1. The van der Waals surface area contributed by atoms with E-state index in [-0.39, 0.29) is 5.91 Å². The molecule has 0 aliphatic carbocycles. The van der Waals surface area contributed by atoms with Crippen LogP contribution in [0.15, 0.2) is 53.4 Å². The van der Waals surface area contributed by atoms with Gasteiger partial charge in [0.25, 0.3) is 0 Å². The average Bonchev–Trinajstić information content (AvgIpc) is 2.63. The molecule has 0 fully saturated rings. The molecule has 0 aromatic heterocycles. The number of nitrogens with zero attached hydrogens (tertiary/aromatic N) is 1. The Labute approximate surface area is 176 Å². The van der Waals surface area contributed by atoms with Crippen LogP contribution >= 0.6 is 23.4 Å². The first-order valence-corrected chi connectivity index (χ1v) is 12.2. The first kappa shape index (κ1) is 22.6. The second-order valence-electron chi connectivity index (χ2n) is 6.42.